The van der Waals surface area contributed by atoms with Crippen molar-refractivity contribution in [3.8, 4) is 0 Å². The molecule has 3 atom stereocenters. The van der Waals surface area contributed by atoms with Gasteiger partial charge in [-0.25, -0.2) is 0 Å². The van der Waals surface area contributed by atoms with Gasteiger partial charge in [0.2, 0.25) is 5.91 Å². The number of carbonyl (C=O) groups excluding carboxylic acids is 1. The quantitative estimate of drug-likeness (QED) is 0.768. The Balaban J connectivity index is 1.78. The van der Waals surface area contributed by atoms with Crippen molar-refractivity contribution in [1.82, 2.24) is 5.32 Å². The molecule has 2 rings (SSSR count). The molecule has 1 aromatic carbocycles. The second-order valence-electron chi connectivity index (χ2n) is 5.75. The predicted octanol–water partition coefficient (Wildman–Crippen LogP) is 1.87. The van der Waals surface area contributed by atoms with E-state index in [0.717, 1.165) is 30.4 Å². The molecule has 0 bridgehead atoms. The Morgan fingerprint density at radius 3 is 2.65 bits per heavy atom. The van der Waals surface area contributed by atoms with E-state index >= 15 is 0 Å². The monoisotopic (exact) mass is 276 g/mol. The van der Waals surface area contributed by atoms with Gasteiger partial charge in [-0.05, 0) is 36.8 Å². The fraction of sp³-hybridized carbons (Fsp3) is 0.562. The van der Waals surface area contributed by atoms with Crippen LogP contribution < -0.4 is 11.1 Å². The zero-order chi connectivity index (χ0) is 14.5. The van der Waals surface area contributed by atoms with Gasteiger partial charge in [-0.15, -0.1) is 0 Å². The number of nitrogens with two attached hydrogens (primary N) is 1. The average molecular weight is 276 g/mol. The largest absolute Gasteiger partial charge is 0.389 e. The maximum Gasteiger partial charge on any atom is 0.220 e. The van der Waals surface area contributed by atoms with Crippen LogP contribution in [0.5, 0.6) is 0 Å². The molecule has 0 saturated heterocycles. The highest BCUT2D eigenvalue weighted by atomic mass is 16.3. The molecule has 0 radical (unpaired) electrons. The maximum absolute atomic E-state index is 11.9. The summed E-state index contributed by atoms with van der Waals surface area (Å²) in [6, 6.07) is 7.83. The molecule has 4 heteroatoms. The fourth-order valence-corrected chi connectivity index (χ4v) is 2.74. The number of benzene rings is 1. The summed E-state index contributed by atoms with van der Waals surface area (Å²) in [5.41, 5.74) is 7.90. The van der Waals surface area contributed by atoms with Crippen molar-refractivity contribution in [3.63, 3.8) is 0 Å². The molecule has 0 spiro atoms. The zero-order valence-electron chi connectivity index (χ0n) is 12.0. The van der Waals surface area contributed by atoms with Gasteiger partial charge < -0.3 is 16.2 Å². The molecule has 110 valence electrons. The molecule has 1 unspecified atom stereocenters. The lowest BCUT2D eigenvalue weighted by Crippen LogP contribution is -2.31. The Bertz CT molecular complexity index is 442. The van der Waals surface area contributed by atoms with Gasteiger partial charge in [0.1, 0.15) is 0 Å². The third kappa shape index (κ3) is 4.05. The lowest BCUT2D eigenvalue weighted by atomic mass is 10.00. The van der Waals surface area contributed by atoms with Crippen LogP contribution in [-0.4, -0.2) is 17.1 Å². The first-order valence-electron chi connectivity index (χ1n) is 7.35. The SMILES string of the molecule is CC(O)c1ccc(CNC(=O)C[C@@H]2CCC[C@H]2N)cc1. The van der Waals surface area contributed by atoms with Gasteiger partial charge in [0, 0.05) is 19.0 Å². The molecule has 0 aromatic heterocycles. The summed E-state index contributed by atoms with van der Waals surface area (Å²) in [5.74, 6) is 0.416. The number of aliphatic hydroxyl groups excluding tert-OH is 1. The van der Waals surface area contributed by atoms with Crippen LogP contribution in [0.2, 0.25) is 0 Å². The van der Waals surface area contributed by atoms with Crippen LogP contribution in [0.4, 0.5) is 0 Å². The number of hydrogen-bond donors (Lipinski definition) is 3. The Morgan fingerprint density at radius 2 is 2.10 bits per heavy atom. The van der Waals surface area contributed by atoms with Crippen LogP contribution in [0.1, 0.15) is 49.8 Å². The second kappa shape index (κ2) is 6.86. The number of hydrogen-bond acceptors (Lipinski definition) is 3. The minimum atomic E-state index is -0.456. The molecule has 20 heavy (non-hydrogen) atoms. The molecular formula is C16H24N2O2. The number of rotatable bonds is 5. The minimum absolute atomic E-state index is 0.0759. The summed E-state index contributed by atoms with van der Waals surface area (Å²) in [6.07, 6.45) is 3.32. The molecule has 4 nitrogen and oxygen atoms in total. The van der Waals surface area contributed by atoms with Crippen molar-refractivity contribution in [2.24, 2.45) is 11.7 Å². The Hall–Kier alpha value is -1.39. The molecule has 4 N–H and O–H groups in total. The van der Waals surface area contributed by atoms with E-state index in [0.29, 0.717) is 18.9 Å². The fourth-order valence-electron chi connectivity index (χ4n) is 2.74. The van der Waals surface area contributed by atoms with Gasteiger partial charge in [0.25, 0.3) is 0 Å². The summed E-state index contributed by atoms with van der Waals surface area (Å²) in [4.78, 5) is 11.9. The molecule has 1 amide bonds. The van der Waals surface area contributed by atoms with E-state index in [1.165, 1.54) is 0 Å². The van der Waals surface area contributed by atoms with Gasteiger partial charge in [-0.1, -0.05) is 30.7 Å². The van der Waals surface area contributed by atoms with Crippen LogP contribution in [0.3, 0.4) is 0 Å². The molecule has 1 aliphatic rings. The molecule has 1 aliphatic carbocycles. The number of aliphatic hydroxyl groups is 1. The van der Waals surface area contributed by atoms with E-state index in [1.807, 2.05) is 24.3 Å². The van der Waals surface area contributed by atoms with Crippen molar-refractivity contribution in [1.29, 1.82) is 0 Å². The highest BCUT2D eigenvalue weighted by Crippen LogP contribution is 2.26. The molecule has 0 aliphatic heterocycles. The van der Waals surface area contributed by atoms with Gasteiger partial charge in [0.15, 0.2) is 0 Å². The smallest absolute Gasteiger partial charge is 0.220 e. The summed E-state index contributed by atoms with van der Waals surface area (Å²) in [7, 11) is 0. The van der Waals surface area contributed by atoms with E-state index in [-0.39, 0.29) is 11.9 Å². The van der Waals surface area contributed by atoms with Gasteiger partial charge in [-0.2, -0.15) is 0 Å². The third-order valence-corrected chi connectivity index (χ3v) is 4.12. The van der Waals surface area contributed by atoms with Crippen molar-refractivity contribution >= 4 is 5.91 Å². The van der Waals surface area contributed by atoms with Crippen LogP contribution in [0.15, 0.2) is 24.3 Å². The van der Waals surface area contributed by atoms with Gasteiger partial charge in [0.05, 0.1) is 6.10 Å². The molecular weight excluding hydrogens is 252 g/mol. The van der Waals surface area contributed by atoms with E-state index in [4.69, 9.17) is 5.73 Å². The first-order valence-corrected chi connectivity index (χ1v) is 7.35. The van der Waals surface area contributed by atoms with Crippen molar-refractivity contribution in [3.05, 3.63) is 35.4 Å². The first kappa shape index (κ1) is 15.0. The van der Waals surface area contributed by atoms with Crippen LogP contribution in [0, 0.1) is 5.92 Å². The first-order chi connectivity index (χ1) is 9.56. The zero-order valence-corrected chi connectivity index (χ0v) is 12.0. The van der Waals surface area contributed by atoms with Crippen molar-refractivity contribution in [2.75, 3.05) is 0 Å². The Morgan fingerprint density at radius 1 is 1.40 bits per heavy atom. The topological polar surface area (TPSA) is 75.3 Å². The number of nitrogens with one attached hydrogen (secondary N) is 1. The lowest BCUT2D eigenvalue weighted by molar-refractivity contribution is -0.122. The van der Waals surface area contributed by atoms with E-state index < -0.39 is 6.10 Å². The highest BCUT2D eigenvalue weighted by molar-refractivity contribution is 5.76. The minimum Gasteiger partial charge on any atom is -0.389 e. The van der Waals surface area contributed by atoms with Gasteiger partial charge >= 0.3 is 0 Å². The van der Waals surface area contributed by atoms with Crippen LogP contribution in [-0.2, 0) is 11.3 Å². The highest BCUT2D eigenvalue weighted by Gasteiger charge is 2.25. The number of carbonyl (C=O) groups is 1. The second-order valence-corrected chi connectivity index (χ2v) is 5.75. The molecule has 0 heterocycles. The third-order valence-electron chi connectivity index (χ3n) is 4.12. The number of amides is 1. The normalized spacial score (nSPS) is 23.6. The average Bonchev–Trinajstić information content (AvgIpc) is 2.82. The standard InChI is InChI=1S/C16H24N2O2/c1-11(19)13-7-5-12(6-8-13)10-18-16(20)9-14-3-2-4-15(14)17/h5-8,11,14-15,19H,2-4,9-10,17H2,1H3,(H,18,20)/t11?,14-,15+/m0/s1. The Kier molecular flexibility index (Phi) is 5.15. The van der Waals surface area contributed by atoms with E-state index in [1.54, 1.807) is 6.92 Å². The Labute approximate surface area is 120 Å². The van der Waals surface area contributed by atoms with E-state index in [2.05, 4.69) is 5.32 Å². The molecule has 1 fully saturated rings. The lowest BCUT2D eigenvalue weighted by Gasteiger charge is -2.15. The molecule has 1 saturated carbocycles. The summed E-state index contributed by atoms with van der Waals surface area (Å²) in [5, 5.41) is 12.4. The summed E-state index contributed by atoms with van der Waals surface area (Å²) < 4.78 is 0. The predicted molar refractivity (Wildman–Crippen MR) is 78.9 cm³/mol. The summed E-state index contributed by atoms with van der Waals surface area (Å²) >= 11 is 0. The molecule has 1 aromatic rings. The maximum atomic E-state index is 11.9. The van der Waals surface area contributed by atoms with Crippen LogP contribution in [0.25, 0.3) is 0 Å². The van der Waals surface area contributed by atoms with Crippen molar-refractivity contribution in [2.45, 2.75) is 51.3 Å². The van der Waals surface area contributed by atoms with Gasteiger partial charge in [-0.3, -0.25) is 4.79 Å². The van der Waals surface area contributed by atoms with E-state index in [9.17, 15) is 9.90 Å². The van der Waals surface area contributed by atoms with Crippen molar-refractivity contribution < 1.29 is 9.90 Å². The van der Waals surface area contributed by atoms with Crippen LogP contribution >= 0.6 is 0 Å². The summed E-state index contributed by atoms with van der Waals surface area (Å²) in [6.45, 7) is 2.27.